The molecule has 100 valence electrons. The van der Waals surface area contributed by atoms with Crippen molar-refractivity contribution >= 4 is 11.6 Å². The van der Waals surface area contributed by atoms with Crippen molar-refractivity contribution in [2.24, 2.45) is 5.41 Å². The normalized spacial score (nSPS) is 18.2. The van der Waals surface area contributed by atoms with E-state index in [1.54, 1.807) is 6.07 Å². The van der Waals surface area contributed by atoms with Gasteiger partial charge in [-0.1, -0.05) is 36.6 Å². The van der Waals surface area contributed by atoms with E-state index in [0.29, 0.717) is 6.54 Å². The molecule has 0 saturated heterocycles. The van der Waals surface area contributed by atoms with Crippen molar-refractivity contribution in [3.63, 3.8) is 0 Å². The van der Waals surface area contributed by atoms with E-state index in [0.717, 1.165) is 24.9 Å². The van der Waals surface area contributed by atoms with Crippen molar-refractivity contribution < 1.29 is 9.50 Å². The van der Waals surface area contributed by atoms with E-state index >= 15 is 0 Å². The molecule has 0 amide bonds. The Morgan fingerprint density at radius 1 is 1.33 bits per heavy atom. The lowest BCUT2D eigenvalue weighted by molar-refractivity contribution is 0.128. The third-order valence-electron chi connectivity index (χ3n) is 3.85. The SMILES string of the molecule is OCC1(CNCc2cccc(F)c2Cl)CCCC1. The minimum Gasteiger partial charge on any atom is -0.396 e. The van der Waals surface area contributed by atoms with E-state index in [2.05, 4.69) is 5.32 Å². The highest BCUT2D eigenvalue weighted by Gasteiger charge is 2.32. The smallest absolute Gasteiger partial charge is 0.142 e. The Hall–Kier alpha value is -0.640. The molecule has 1 fully saturated rings. The summed E-state index contributed by atoms with van der Waals surface area (Å²) in [7, 11) is 0. The second-order valence-corrected chi connectivity index (χ2v) is 5.56. The lowest BCUT2D eigenvalue weighted by Crippen LogP contribution is -2.34. The van der Waals surface area contributed by atoms with Crippen LogP contribution >= 0.6 is 11.6 Å². The van der Waals surface area contributed by atoms with E-state index < -0.39 is 0 Å². The average molecular weight is 272 g/mol. The molecule has 1 aromatic carbocycles. The molecule has 2 nitrogen and oxygen atoms in total. The number of aliphatic hydroxyl groups is 1. The van der Waals surface area contributed by atoms with E-state index in [1.165, 1.54) is 18.9 Å². The molecule has 2 rings (SSSR count). The number of halogens is 2. The molecule has 0 aliphatic heterocycles. The fourth-order valence-electron chi connectivity index (χ4n) is 2.66. The number of nitrogens with one attached hydrogen (secondary N) is 1. The zero-order chi connectivity index (χ0) is 13.0. The van der Waals surface area contributed by atoms with E-state index in [-0.39, 0.29) is 22.9 Å². The molecular formula is C14H19ClFNO. The summed E-state index contributed by atoms with van der Waals surface area (Å²) in [5.41, 5.74) is 0.780. The van der Waals surface area contributed by atoms with E-state index in [1.807, 2.05) is 6.07 Å². The zero-order valence-corrected chi connectivity index (χ0v) is 11.1. The van der Waals surface area contributed by atoms with Crippen LogP contribution in [0.4, 0.5) is 4.39 Å². The van der Waals surface area contributed by atoms with E-state index in [4.69, 9.17) is 11.6 Å². The summed E-state index contributed by atoms with van der Waals surface area (Å²) >= 11 is 5.89. The van der Waals surface area contributed by atoms with Gasteiger partial charge < -0.3 is 10.4 Å². The van der Waals surface area contributed by atoms with Crippen LogP contribution in [0.15, 0.2) is 18.2 Å². The molecular weight excluding hydrogens is 253 g/mol. The highest BCUT2D eigenvalue weighted by atomic mass is 35.5. The second-order valence-electron chi connectivity index (χ2n) is 5.18. The summed E-state index contributed by atoms with van der Waals surface area (Å²) in [6, 6.07) is 4.84. The predicted octanol–water partition coefficient (Wildman–Crippen LogP) is 3.12. The lowest BCUT2D eigenvalue weighted by Gasteiger charge is -2.26. The maximum atomic E-state index is 13.2. The molecule has 0 aromatic heterocycles. The van der Waals surface area contributed by atoms with Gasteiger partial charge in [-0.05, 0) is 24.5 Å². The van der Waals surface area contributed by atoms with Gasteiger partial charge >= 0.3 is 0 Å². The van der Waals surface area contributed by atoms with Crippen LogP contribution in [0.5, 0.6) is 0 Å². The van der Waals surface area contributed by atoms with Gasteiger partial charge in [-0.15, -0.1) is 0 Å². The van der Waals surface area contributed by atoms with Crippen molar-refractivity contribution in [3.8, 4) is 0 Å². The van der Waals surface area contributed by atoms with Gasteiger partial charge in [-0.25, -0.2) is 4.39 Å². The number of rotatable bonds is 5. The molecule has 18 heavy (non-hydrogen) atoms. The van der Waals surface area contributed by atoms with Gasteiger partial charge in [-0.3, -0.25) is 0 Å². The lowest BCUT2D eigenvalue weighted by atomic mass is 9.87. The predicted molar refractivity (Wildman–Crippen MR) is 71.1 cm³/mol. The van der Waals surface area contributed by atoms with Gasteiger partial charge in [0.25, 0.3) is 0 Å². The second kappa shape index (κ2) is 6.00. The van der Waals surface area contributed by atoms with Gasteiger partial charge in [0.05, 0.1) is 5.02 Å². The number of benzene rings is 1. The fraction of sp³-hybridized carbons (Fsp3) is 0.571. The third-order valence-corrected chi connectivity index (χ3v) is 4.27. The van der Waals surface area contributed by atoms with Crippen LogP contribution in [0.3, 0.4) is 0 Å². The van der Waals surface area contributed by atoms with Crippen molar-refractivity contribution in [2.45, 2.75) is 32.2 Å². The van der Waals surface area contributed by atoms with Crippen LogP contribution in [0.25, 0.3) is 0 Å². The monoisotopic (exact) mass is 271 g/mol. The van der Waals surface area contributed by atoms with Gasteiger partial charge in [0.2, 0.25) is 0 Å². The summed E-state index contributed by atoms with van der Waals surface area (Å²) in [6.07, 6.45) is 4.49. The van der Waals surface area contributed by atoms with Crippen LogP contribution in [0, 0.1) is 11.2 Å². The molecule has 4 heteroatoms. The number of hydrogen-bond donors (Lipinski definition) is 2. The van der Waals surface area contributed by atoms with Gasteiger partial charge in [0, 0.05) is 25.1 Å². The Bertz CT molecular complexity index is 405. The summed E-state index contributed by atoms with van der Waals surface area (Å²) < 4.78 is 13.2. The topological polar surface area (TPSA) is 32.3 Å². The molecule has 0 heterocycles. The molecule has 1 aliphatic carbocycles. The highest BCUT2D eigenvalue weighted by Crippen LogP contribution is 2.37. The van der Waals surface area contributed by atoms with Crippen LogP contribution in [-0.4, -0.2) is 18.3 Å². The number of aliphatic hydroxyl groups excluding tert-OH is 1. The first kappa shape index (κ1) is 13.8. The van der Waals surface area contributed by atoms with Crippen LogP contribution in [-0.2, 0) is 6.54 Å². The van der Waals surface area contributed by atoms with Crippen molar-refractivity contribution in [1.82, 2.24) is 5.32 Å². The highest BCUT2D eigenvalue weighted by molar-refractivity contribution is 6.31. The standard InChI is InChI=1S/C14H19ClFNO/c15-13-11(4-3-5-12(13)16)8-17-9-14(10-18)6-1-2-7-14/h3-5,17-18H,1-2,6-10H2. The minimum atomic E-state index is -0.381. The van der Waals surface area contributed by atoms with Crippen molar-refractivity contribution in [1.29, 1.82) is 0 Å². The summed E-state index contributed by atoms with van der Waals surface area (Å²) in [4.78, 5) is 0. The van der Waals surface area contributed by atoms with Gasteiger partial charge in [0.15, 0.2) is 0 Å². The Kier molecular flexibility index (Phi) is 4.60. The Balaban J connectivity index is 1.90. The third kappa shape index (κ3) is 3.02. The van der Waals surface area contributed by atoms with Crippen LogP contribution in [0.2, 0.25) is 5.02 Å². The first-order chi connectivity index (χ1) is 8.67. The molecule has 0 atom stereocenters. The zero-order valence-electron chi connectivity index (χ0n) is 10.4. The van der Waals surface area contributed by atoms with Crippen molar-refractivity contribution in [3.05, 3.63) is 34.6 Å². The minimum absolute atomic E-state index is 0.0137. The Morgan fingerprint density at radius 3 is 2.72 bits per heavy atom. The quantitative estimate of drug-likeness (QED) is 0.862. The first-order valence-corrected chi connectivity index (χ1v) is 6.79. The fourth-order valence-corrected chi connectivity index (χ4v) is 2.86. The molecule has 0 unspecified atom stereocenters. The summed E-state index contributed by atoms with van der Waals surface area (Å²) in [5.74, 6) is -0.381. The molecule has 0 bridgehead atoms. The molecule has 0 spiro atoms. The van der Waals surface area contributed by atoms with E-state index in [9.17, 15) is 9.50 Å². The maximum Gasteiger partial charge on any atom is 0.142 e. The largest absolute Gasteiger partial charge is 0.396 e. The van der Waals surface area contributed by atoms with Gasteiger partial charge in [-0.2, -0.15) is 0 Å². The molecule has 1 aromatic rings. The van der Waals surface area contributed by atoms with Gasteiger partial charge in [0.1, 0.15) is 5.82 Å². The van der Waals surface area contributed by atoms with Crippen LogP contribution < -0.4 is 5.32 Å². The summed E-state index contributed by atoms with van der Waals surface area (Å²) in [5, 5.41) is 13.0. The Labute approximate surface area is 112 Å². The molecule has 1 aliphatic rings. The number of hydrogen-bond acceptors (Lipinski definition) is 2. The molecule has 2 N–H and O–H groups in total. The average Bonchev–Trinajstić information content (AvgIpc) is 2.84. The first-order valence-electron chi connectivity index (χ1n) is 6.41. The maximum absolute atomic E-state index is 13.2. The van der Waals surface area contributed by atoms with Crippen molar-refractivity contribution in [2.75, 3.05) is 13.2 Å². The molecule has 1 saturated carbocycles. The Morgan fingerprint density at radius 2 is 2.06 bits per heavy atom. The summed E-state index contributed by atoms with van der Waals surface area (Å²) in [6.45, 7) is 1.52. The molecule has 0 radical (unpaired) electrons. The van der Waals surface area contributed by atoms with Crippen LogP contribution in [0.1, 0.15) is 31.2 Å².